The van der Waals surface area contributed by atoms with Crippen LogP contribution in [0.25, 0.3) is 22.6 Å². The third-order valence-corrected chi connectivity index (χ3v) is 6.46. The SMILES string of the molecule is O=C(c1cccs1)N1CCC(c2nc(-c3ccccn3)ncc2-c2ccncc2)CC1. The lowest BCUT2D eigenvalue weighted by Gasteiger charge is -2.32. The minimum atomic E-state index is 0.125. The summed E-state index contributed by atoms with van der Waals surface area (Å²) in [6.07, 6.45) is 8.96. The lowest BCUT2D eigenvalue weighted by molar-refractivity contribution is 0.0717. The molecule has 7 heteroatoms. The van der Waals surface area contributed by atoms with Crippen molar-refractivity contribution in [1.29, 1.82) is 0 Å². The third kappa shape index (κ3) is 4.09. The van der Waals surface area contributed by atoms with Gasteiger partial charge in [0.2, 0.25) is 0 Å². The Kier molecular flexibility index (Phi) is 5.50. The van der Waals surface area contributed by atoms with Crippen molar-refractivity contribution in [3.63, 3.8) is 0 Å². The van der Waals surface area contributed by atoms with Crippen LogP contribution < -0.4 is 0 Å². The van der Waals surface area contributed by atoms with Crippen molar-refractivity contribution in [2.45, 2.75) is 18.8 Å². The van der Waals surface area contributed by atoms with Crippen LogP contribution in [0.2, 0.25) is 0 Å². The molecule has 154 valence electrons. The van der Waals surface area contributed by atoms with Crippen molar-refractivity contribution in [1.82, 2.24) is 24.8 Å². The first kappa shape index (κ1) is 19.5. The molecule has 5 rings (SSSR count). The predicted octanol–water partition coefficient (Wildman–Crippen LogP) is 4.68. The highest BCUT2D eigenvalue weighted by Crippen LogP contribution is 2.35. The molecule has 0 atom stereocenters. The molecule has 1 aliphatic rings. The van der Waals surface area contributed by atoms with Crippen LogP contribution in [0.15, 0.2) is 72.6 Å². The van der Waals surface area contributed by atoms with Gasteiger partial charge in [-0.05, 0) is 54.1 Å². The van der Waals surface area contributed by atoms with Crippen molar-refractivity contribution < 1.29 is 4.79 Å². The number of hydrogen-bond donors (Lipinski definition) is 0. The predicted molar refractivity (Wildman–Crippen MR) is 121 cm³/mol. The van der Waals surface area contributed by atoms with Crippen LogP contribution in [0.1, 0.15) is 34.1 Å². The highest BCUT2D eigenvalue weighted by molar-refractivity contribution is 7.12. The normalized spacial score (nSPS) is 14.5. The number of pyridine rings is 2. The van der Waals surface area contributed by atoms with Gasteiger partial charge in [0.25, 0.3) is 5.91 Å². The van der Waals surface area contributed by atoms with Crippen molar-refractivity contribution in [2.24, 2.45) is 0 Å². The third-order valence-electron chi connectivity index (χ3n) is 5.60. The number of carbonyl (C=O) groups excluding carboxylic acids is 1. The number of hydrogen-bond acceptors (Lipinski definition) is 6. The van der Waals surface area contributed by atoms with Gasteiger partial charge < -0.3 is 4.90 Å². The standard InChI is InChI=1S/C24H21N5OS/c30-24(21-5-3-15-31-21)29-13-8-18(9-14-29)22-19(17-6-11-25-12-7-17)16-27-23(28-22)20-4-1-2-10-26-20/h1-7,10-12,15-16,18H,8-9,13-14H2. The molecule has 4 aromatic rings. The summed E-state index contributed by atoms with van der Waals surface area (Å²) in [6, 6.07) is 13.5. The molecular weight excluding hydrogens is 406 g/mol. The van der Waals surface area contributed by atoms with E-state index in [9.17, 15) is 4.79 Å². The van der Waals surface area contributed by atoms with E-state index < -0.39 is 0 Å². The lowest BCUT2D eigenvalue weighted by Crippen LogP contribution is -2.37. The summed E-state index contributed by atoms with van der Waals surface area (Å²) in [5.41, 5.74) is 3.85. The van der Waals surface area contributed by atoms with Gasteiger partial charge in [0, 0.05) is 49.4 Å². The number of likely N-dealkylation sites (tertiary alicyclic amines) is 1. The van der Waals surface area contributed by atoms with E-state index in [4.69, 9.17) is 4.98 Å². The second-order valence-corrected chi connectivity index (χ2v) is 8.43. The van der Waals surface area contributed by atoms with Gasteiger partial charge in [0.05, 0.1) is 10.6 Å². The Hall–Kier alpha value is -3.45. The number of carbonyl (C=O) groups is 1. The van der Waals surface area contributed by atoms with Crippen molar-refractivity contribution in [3.8, 4) is 22.6 Å². The molecule has 5 heterocycles. The molecule has 0 unspecified atom stereocenters. The lowest BCUT2D eigenvalue weighted by atomic mass is 9.89. The summed E-state index contributed by atoms with van der Waals surface area (Å²) < 4.78 is 0. The maximum absolute atomic E-state index is 12.7. The molecular formula is C24H21N5OS. The monoisotopic (exact) mass is 427 g/mol. The fourth-order valence-electron chi connectivity index (χ4n) is 3.99. The average molecular weight is 428 g/mol. The van der Waals surface area contributed by atoms with E-state index in [0.29, 0.717) is 5.82 Å². The maximum atomic E-state index is 12.7. The van der Waals surface area contributed by atoms with Crippen LogP contribution in [0.3, 0.4) is 0 Å². The van der Waals surface area contributed by atoms with E-state index in [-0.39, 0.29) is 11.8 Å². The Morgan fingerprint density at radius 1 is 0.968 bits per heavy atom. The molecule has 0 saturated carbocycles. The fourth-order valence-corrected chi connectivity index (χ4v) is 4.68. The summed E-state index contributed by atoms with van der Waals surface area (Å²) in [5.74, 6) is 1.01. The zero-order chi connectivity index (χ0) is 21.0. The van der Waals surface area contributed by atoms with Crippen molar-refractivity contribution >= 4 is 17.2 Å². The molecule has 0 N–H and O–H groups in total. The van der Waals surface area contributed by atoms with Crippen LogP contribution >= 0.6 is 11.3 Å². The topological polar surface area (TPSA) is 71.9 Å². The first-order chi connectivity index (χ1) is 15.3. The van der Waals surface area contributed by atoms with Gasteiger partial charge in [-0.15, -0.1) is 11.3 Å². The molecule has 1 amide bonds. The van der Waals surface area contributed by atoms with Crippen LogP contribution in [0, 0.1) is 0 Å². The van der Waals surface area contributed by atoms with Gasteiger partial charge in [0.15, 0.2) is 5.82 Å². The average Bonchev–Trinajstić information content (AvgIpc) is 3.40. The second-order valence-electron chi connectivity index (χ2n) is 7.49. The zero-order valence-electron chi connectivity index (χ0n) is 16.9. The minimum Gasteiger partial charge on any atom is -0.338 e. The van der Waals surface area contributed by atoms with Gasteiger partial charge in [-0.3, -0.25) is 14.8 Å². The Labute approximate surface area is 184 Å². The van der Waals surface area contributed by atoms with Crippen LogP contribution in [-0.4, -0.2) is 43.8 Å². The summed E-state index contributed by atoms with van der Waals surface area (Å²) in [6.45, 7) is 1.44. The number of amides is 1. The molecule has 0 bridgehead atoms. The van der Waals surface area contributed by atoms with E-state index in [1.54, 1.807) is 18.6 Å². The van der Waals surface area contributed by atoms with E-state index in [0.717, 1.165) is 53.3 Å². The van der Waals surface area contributed by atoms with E-state index in [1.165, 1.54) is 11.3 Å². The number of piperidine rings is 1. The first-order valence-corrected chi connectivity index (χ1v) is 11.2. The molecule has 0 spiro atoms. The quantitative estimate of drug-likeness (QED) is 0.473. The summed E-state index contributed by atoms with van der Waals surface area (Å²) in [4.78, 5) is 33.6. The smallest absolute Gasteiger partial charge is 0.263 e. The first-order valence-electron chi connectivity index (χ1n) is 10.3. The molecule has 1 saturated heterocycles. The van der Waals surface area contributed by atoms with Gasteiger partial charge >= 0.3 is 0 Å². The zero-order valence-corrected chi connectivity index (χ0v) is 17.7. The Morgan fingerprint density at radius 3 is 2.52 bits per heavy atom. The van der Waals surface area contributed by atoms with Crippen LogP contribution in [0.5, 0.6) is 0 Å². The molecule has 0 radical (unpaired) electrons. The second kappa shape index (κ2) is 8.73. The summed E-state index contributed by atoms with van der Waals surface area (Å²) in [5, 5.41) is 1.95. The number of rotatable bonds is 4. The van der Waals surface area contributed by atoms with E-state index >= 15 is 0 Å². The van der Waals surface area contributed by atoms with Crippen molar-refractivity contribution in [3.05, 3.63) is 83.2 Å². The van der Waals surface area contributed by atoms with Crippen LogP contribution in [0.4, 0.5) is 0 Å². The van der Waals surface area contributed by atoms with Gasteiger partial charge in [-0.1, -0.05) is 12.1 Å². The Morgan fingerprint density at radius 2 is 1.81 bits per heavy atom. The van der Waals surface area contributed by atoms with E-state index in [1.807, 2.05) is 58.9 Å². The maximum Gasteiger partial charge on any atom is 0.263 e. The molecule has 31 heavy (non-hydrogen) atoms. The molecule has 0 aromatic carbocycles. The van der Waals surface area contributed by atoms with Gasteiger partial charge in [0.1, 0.15) is 5.69 Å². The summed E-state index contributed by atoms with van der Waals surface area (Å²) >= 11 is 1.50. The van der Waals surface area contributed by atoms with Crippen LogP contribution in [-0.2, 0) is 0 Å². The largest absolute Gasteiger partial charge is 0.338 e. The number of thiophene rings is 1. The Bertz CT molecular complexity index is 1160. The van der Waals surface area contributed by atoms with Gasteiger partial charge in [-0.25, -0.2) is 9.97 Å². The minimum absolute atomic E-state index is 0.125. The van der Waals surface area contributed by atoms with Gasteiger partial charge in [-0.2, -0.15) is 0 Å². The molecule has 0 aliphatic carbocycles. The fraction of sp³-hybridized carbons (Fsp3) is 0.208. The van der Waals surface area contributed by atoms with Crippen molar-refractivity contribution in [2.75, 3.05) is 13.1 Å². The number of nitrogens with zero attached hydrogens (tertiary/aromatic N) is 5. The number of aromatic nitrogens is 4. The molecule has 6 nitrogen and oxygen atoms in total. The molecule has 1 aliphatic heterocycles. The van der Waals surface area contributed by atoms with E-state index in [2.05, 4.69) is 15.0 Å². The Balaban J connectivity index is 1.45. The summed E-state index contributed by atoms with van der Waals surface area (Å²) in [7, 11) is 0. The molecule has 1 fully saturated rings. The highest BCUT2D eigenvalue weighted by atomic mass is 32.1. The molecule has 4 aromatic heterocycles. The highest BCUT2D eigenvalue weighted by Gasteiger charge is 2.28.